The number of hydrogen-bond acceptors (Lipinski definition) is 4. The van der Waals surface area contributed by atoms with E-state index in [1.54, 1.807) is 7.11 Å². The van der Waals surface area contributed by atoms with Crippen LogP contribution in [0.3, 0.4) is 0 Å². The maximum atomic E-state index is 11.1. The van der Waals surface area contributed by atoms with Crippen molar-refractivity contribution in [3.8, 4) is 16.2 Å². The number of nitrogen functional groups attached to an aromatic ring is 1. The van der Waals surface area contributed by atoms with Crippen LogP contribution in [0.25, 0.3) is 10.4 Å². The number of carboxylic acid groups (broad SMARTS) is 1. The standard InChI is InChI=1S/C13H12BrNO3S/c1-6-10(15)12(13(16)17)19-11(6)7-3-4-9(18-2)8(14)5-7/h3-5H,15H2,1-2H3,(H,16,17). The molecule has 4 nitrogen and oxygen atoms in total. The highest BCUT2D eigenvalue weighted by Gasteiger charge is 2.19. The number of anilines is 1. The van der Waals surface area contributed by atoms with Crippen molar-refractivity contribution >= 4 is 38.9 Å². The first kappa shape index (κ1) is 13.9. The van der Waals surface area contributed by atoms with Crippen molar-refractivity contribution in [1.82, 2.24) is 0 Å². The van der Waals surface area contributed by atoms with E-state index in [-0.39, 0.29) is 4.88 Å². The van der Waals surface area contributed by atoms with Gasteiger partial charge in [0.1, 0.15) is 10.6 Å². The summed E-state index contributed by atoms with van der Waals surface area (Å²) in [4.78, 5) is 12.1. The third kappa shape index (κ3) is 2.46. The van der Waals surface area contributed by atoms with Gasteiger partial charge in [0.15, 0.2) is 0 Å². The number of halogens is 1. The van der Waals surface area contributed by atoms with Gasteiger partial charge >= 0.3 is 5.97 Å². The zero-order valence-corrected chi connectivity index (χ0v) is 12.8. The minimum absolute atomic E-state index is 0.180. The summed E-state index contributed by atoms with van der Waals surface area (Å²) in [5, 5.41) is 9.09. The summed E-state index contributed by atoms with van der Waals surface area (Å²) in [6, 6.07) is 5.60. The van der Waals surface area contributed by atoms with E-state index in [1.807, 2.05) is 25.1 Å². The summed E-state index contributed by atoms with van der Waals surface area (Å²) in [7, 11) is 1.59. The van der Waals surface area contributed by atoms with E-state index in [4.69, 9.17) is 15.6 Å². The highest BCUT2D eigenvalue weighted by atomic mass is 79.9. The predicted octanol–water partition coefficient (Wildman–Crippen LogP) is 3.78. The molecule has 0 saturated carbocycles. The molecule has 100 valence electrons. The fourth-order valence-corrected chi connectivity index (χ4v) is 3.37. The quantitative estimate of drug-likeness (QED) is 0.890. The maximum Gasteiger partial charge on any atom is 0.348 e. The Balaban J connectivity index is 2.56. The summed E-state index contributed by atoms with van der Waals surface area (Å²) in [6.45, 7) is 1.83. The number of nitrogens with two attached hydrogens (primary N) is 1. The highest BCUT2D eigenvalue weighted by molar-refractivity contribution is 9.10. The van der Waals surface area contributed by atoms with E-state index < -0.39 is 5.97 Å². The number of methoxy groups -OCH3 is 1. The molecule has 2 aromatic rings. The summed E-state index contributed by atoms with van der Waals surface area (Å²) >= 11 is 4.60. The lowest BCUT2D eigenvalue weighted by Crippen LogP contribution is -1.97. The largest absolute Gasteiger partial charge is 0.496 e. The lowest BCUT2D eigenvalue weighted by molar-refractivity contribution is 0.0703. The van der Waals surface area contributed by atoms with Crippen molar-refractivity contribution in [2.75, 3.05) is 12.8 Å². The van der Waals surface area contributed by atoms with Gasteiger partial charge in [0.05, 0.1) is 17.3 Å². The lowest BCUT2D eigenvalue weighted by Gasteiger charge is -2.06. The molecule has 0 radical (unpaired) electrons. The highest BCUT2D eigenvalue weighted by Crippen LogP contribution is 2.40. The van der Waals surface area contributed by atoms with E-state index in [1.165, 1.54) is 11.3 Å². The van der Waals surface area contributed by atoms with Crippen molar-refractivity contribution in [2.45, 2.75) is 6.92 Å². The van der Waals surface area contributed by atoms with Crippen LogP contribution in [0.4, 0.5) is 5.69 Å². The molecule has 0 aliphatic carbocycles. The number of benzene rings is 1. The molecule has 3 N–H and O–H groups in total. The normalized spacial score (nSPS) is 10.5. The van der Waals surface area contributed by atoms with E-state index >= 15 is 0 Å². The van der Waals surface area contributed by atoms with Crippen molar-refractivity contribution in [2.24, 2.45) is 0 Å². The van der Waals surface area contributed by atoms with Crippen molar-refractivity contribution in [3.05, 3.63) is 33.1 Å². The third-order valence-corrected chi connectivity index (χ3v) is 4.77. The summed E-state index contributed by atoms with van der Waals surface area (Å²) in [6.07, 6.45) is 0. The summed E-state index contributed by atoms with van der Waals surface area (Å²) in [5.74, 6) is -0.270. The summed E-state index contributed by atoms with van der Waals surface area (Å²) in [5.41, 5.74) is 7.86. The van der Waals surface area contributed by atoms with Crippen LogP contribution in [0, 0.1) is 6.92 Å². The molecule has 19 heavy (non-hydrogen) atoms. The molecule has 0 amide bonds. The molecule has 0 aliphatic rings. The molecule has 0 atom stereocenters. The molecule has 0 unspecified atom stereocenters. The smallest absolute Gasteiger partial charge is 0.348 e. The van der Waals surface area contributed by atoms with Crippen LogP contribution < -0.4 is 10.5 Å². The van der Waals surface area contributed by atoms with E-state index in [2.05, 4.69) is 15.9 Å². The minimum Gasteiger partial charge on any atom is -0.496 e. The first-order chi connectivity index (χ1) is 8.95. The second-order valence-electron chi connectivity index (χ2n) is 3.95. The molecule has 0 bridgehead atoms. The van der Waals surface area contributed by atoms with Gasteiger partial charge in [0.2, 0.25) is 0 Å². The van der Waals surface area contributed by atoms with Crippen LogP contribution in [-0.4, -0.2) is 18.2 Å². The zero-order chi connectivity index (χ0) is 14.2. The van der Waals surface area contributed by atoms with Crippen LogP contribution in [0.2, 0.25) is 0 Å². The Bertz CT molecular complexity index is 652. The van der Waals surface area contributed by atoms with Crippen molar-refractivity contribution < 1.29 is 14.6 Å². The van der Waals surface area contributed by atoms with Gasteiger partial charge in [-0.05, 0) is 52.2 Å². The van der Waals surface area contributed by atoms with Crippen LogP contribution in [0.1, 0.15) is 15.2 Å². The molecule has 0 saturated heterocycles. The van der Waals surface area contributed by atoms with Gasteiger partial charge in [0.25, 0.3) is 0 Å². The molecule has 2 rings (SSSR count). The van der Waals surface area contributed by atoms with Gasteiger partial charge in [-0.1, -0.05) is 0 Å². The first-order valence-electron chi connectivity index (χ1n) is 5.41. The number of hydrogen-bond donors (Lipinski definition) is 2. The van der Waals surface area contributed by atoms with Gasteiger partial charge in [0, 0.05) is 4.88 Å². The molecular weight excluding hydrogens is 330 g/mol. The van der Waals surface area contributed by atoms with Gasteiger partial charge in [-0.15, -0.1) is 11.3 Å². The Labute approximate surface area is 123 Å². The van der Waals surface area contributed by atoms with Crippen molar-refractivity contribution in [1.29, 1.82) is 0 Å². The Morgan fingerprint density at radius 1 is 1.47 bits per heavy atom. The minimum atomic E-state index is -0.996. The van der Waals surface area contributed by atoms with E-state index in [0.717, 1.165) is 26.2 Å². The SMILES string of the molecule is COc1ccc(-c2sc(C(=O)O)c(N)c2C)cc1Br. The van der Waals surface area contributed by atoms with Crippen LogP contribution in [-0.2, 0) is 0 Å². The fraction of sp³-hybridized carbons (Fsp3) is 0.154. The van der Waals surface area contributed by atoms with Gasteiger partial charge in [-0.2, -0.15) is 0 Å². The average molecular weight is 342 g/mol. The molecule has 1 aromatic carbocycles. The van der Waals surface area contributed by atoms with E-state index in [9.17, 15) is 4.79 Å². The third-order valence-electron chi connectivity index (χ3n) is 2.80. The monoisotopic (exact) mass is 341 g/mol. The number of thiophene rings is 1. The first-order valence-corrected chi connectivity index (χ1v) is 7.02. The topological polar surface area (TPSA) is 72.5 Å². The van der Waals surface area contributed by atoms with Gasteiger partial charge in [-0.3, -0.25) is 0 Å². The molecular formula is C13H12BrNO3S. The second kappa shape index (κ2) is 5.22. The average Bonchev–Trinajstić information content (AvgIpc) is 2.66. The molecule has 1 aromatic heterocycles. The number of rotatable bonds is 3. The fourth-order valence-electron chi connectivity index (χ4n) is 1.77. The molecule has 0 spiro atoms. The van der Waals surface area contributed by atoms with Gasteiger partial charge in [-0.25, -0.2) is 4.79 Å². The zero-order valence-electron chi connectivity index (χ0n) is 10.4. The molecule has 6 heteroatoms. The van der Waals surface area contributed by atoms with Crippen LogP contribution in [0.15, 0.2) is 22.7 Å². The maximum absolute atomic E-state index is 11.1. The molecule has 0 fully saturated rings. The molecule has 0 aliphatic heterocycles. The lowest BCUT2D eigenvalue weighted by atomic mass is 10.1. The number of carbonyl (C=O) groups is 1. The Morgan fingerprint density at radius 2 is 2.16 bits per heavy atom. The number of aromatic carboxylic acids is 1. The number of carboxylic acids is 1. The van der Waals surface area contributed by atoms with E-state index in [0.29, 0.717) is 5.69 Å². The van der Waals surface area contributed by atoms with Crippen molar-refractivity contribution in [3.63, 3.8) is 0 Å². The summed E-state index contributed by atoms with van der Waals surface area (Å²) < 4.78 is 5.99. The Hall–Kier alpha value is -1.53. The Kier molecular flexibility index (Phi) is 3.82. The second-order valence-corrected chi connectivity index (χ2v) is 5.83. The predicted molar refractivity (Wildman–Crippen MR) is 80.1 cm³/mol. The van der Waals surface area contributed by atoms with Crippen LogP contribution >= 0.6 is 27.3 Å². The Morgan fingerprint density at radius 3 is 2.63 bits per heavy atom. The molecule has 1 heterocycles. The van der Waals surface area contributed by atoms with Gasteiger partial charge < -0.3 is 15.6 Å². The number of ether oxygens (including phenoxy) is 1. The van der Waals surface area contributed by atoms with Crippen LogP contribution in [0.5, 0.6) is 5.75 Å².